The van der Waals surface area contributed by atoms with Crippen molar-refractivity contribution in [2.75, 3.05) is 0 Å². The van der Waals surface area contributed by atoms with E-state index in [0.717, 1.165) is 21.9 Å². The second-order valence-corrected chi connectivity index (χ2v) is 13.6. The minimum Gasteiger partial charge on any atom is -0.455 e. The van der Waals surface area contributed by atoms with Crippen LogP contribution in [0.1, 0.15) is 0 Å². The molecule has 11 aromatic rings. The van der Waals surface area contributed by atoms with E-state index in [0.29, 0.717) is 0 Å². The third-order valence-corrected chi connectivity index (χ3v) is 10.8. The summed E-state index contributed by atoms with van der Waals surface area (Å²) >= 11 is 0. The fourth-order valence-electron chi connectivity index (χ4n) is 8.63. The molecule has 0 fully saturated rings. The van der Waals surface area contributed by atoms with Gasteiger partial charge in [-0.1, -0.05) is 164 Å². The fourth-order valence-corrected chi connectivity index (χ4v) is 8.63. The van der Waals surface area contributed by atoms with Gasteiger partial charge in [-0.15, -0.1) is 0 Å². The molecule has 0 N–H and O–H groups in total. The number of rotatable bonds is 3. The molecule has 0 saturated carbocycles. The lowest BCUT2D eigenvalue weighted by atomic mass is 9.85. The summed E-state index contributed by atoms with van der Waals surface area (Å²) in [7, 11) is 0. The van der Waals surface area contributed by atoms with Gasteiger partial charge >= 0.3 is 0 Å². The maximum absolute atomic E-state index is 6.69. The van der Waals surface area contributed by atoms with E-state index in [1.807, 2.05) is 0 Å². The van der Waals surface area contributed by atoms with Crippen molar-refractivity contribution in [1.82, 2.24) is 0 Å². The molecule has 1 heteroatoms. The highest BCUT2D eigenvalue weighted by molar-refractivity contribution is 6.31. The zero-order chi connectivity index (χ0) is 33.5. The third kappa shape index (κ3) is 4.16. The molecule has 0 saturated heterocycles. The van der Waals surface area contributed by atoms with E-state index in [-0.39, 0.29) is 0 Å². The average molecular weight is 647 g/mol. The number of hydrogen-bond acceptors (Lipinski definition) is 1. The van der Waals surface area contributed by atoms with Crippen LogP contribution in [0.4, 0.5) is 0 Å². The monoisotopic (exact) mass is 646 g/mol. The number of hydrogen-bond donors (Lipinski definition) is 0. The highest BCUT2D eigenvalue weighted by atomic mass is 16.3. The number of fused-ring (bicyclic) bond motifs is 11. The van der Waals surface area contributed by atoms with Crippen LogP contribution in [0.5, 0.6) is 0 Å². The fraction of sp³-hybridized carbons (Fsp3) is 0. The Labute approximate surface area is 294 Å². The second-order valence-electron chi connectivity index (χ2n) is 13.6. The largest absolute Gasteiger partial charge is 0.455 e. The Balaban J connectivity index is 1.19. The molecule has 0 unspecified atom stereocenters. The molecule has 0 aliphatic carbocycles. The molecular weight excluding hydrogens is 617 g/mol. The Morgan fingerprint density at radius 2 is 0.784 bits per heavy atom. The van der Waals surface area contributed by atoms with Crippen LogP contribution >= 0.6 is 0 Å². The van der Waals surface area contributed by atoms with Crippen molar-refractivity contribution in [2.24, 2.45) is 0 Å². The summed E-state index contributed by atoms with van der Waals surface area (Å²) in [4.78, 5) is 0. The van der Waals surface area contributed by atoms with Gasteiger partial charge in [-0.2, -0.15) is 0 Å². The molecule has 236 valence electrons. The summed E-state index contributed by atoms with van der Waals surface area (Å²) in [5.41, 5.74) is 9.24. The summed E-state index contributed by atoms with van der Waals surface area (Å²) in [6.07, 6.45) is 0. The minimum absolute atomic E-state index is 0.908. The second kappa shape index (κ2) is 10.9. The van der Waals surface area contributed by atoms with Gasteiger partial charge in [0.25, 0.3) is 0 Å². The Kier molecular flexibility index (Phi) is 6.02. The highest BCUT2D eigenvalue weighted by Crippen LogP contribution is 2.47. The summed E-state index contributed by atoms with van der Waals surface area (Å²) in [6.45, 7) is 0. The van der Waals surface area contributed by atoms with Crippen LogP contribution in [-0.2, 0) is 0 Å². The molecule has 0 amide bonds. The SMILES string of the molecule is c1cc(-c2cccc3ccccc23)cc(-c2c3ccccc3c(-c3ccc4oc5c6ccccc6c6ccccc6c5c4c3)c3ccccc23)c1. The van der Waals surface area contributed by atoms with Crippen LogP contribution < -0.4 is 0 Å². The van der Waals surface area contributed by atoms with Crippen LogP contribution in [0.25, 0.3) is 109 Å². The van der Waals surface area contributed by atoms with E-state index in [1.54, 1.807) is 0 Å². The molecular formula is C50H30O. The molecule has 1 aromatic heterocycles. The van der Waals surface area contributed by atoms with Crippen LogP contribution in [-0.4, -0.2) is 0 Å². The zero-order valence-corrected chi connectivity index (χ0v) is 27.7. The standard InChI is InChI=1S/C50H30O/c1-2-17-35-31(13-1)14-12-26-36(35)32-15-11-16-33(29-32)47-40-21-6-8-23-42(40)48(43-24-9-7-22-41(43)47)34-27-28-46-45(30-34)49-39-20-5-3-18-37(39)38-19-4-10-25-44(38)50(49)51-46/h1-30H. The number of benzene rings is 10. The molecule has 0 aliphatic rings. The average Bonchev–Trinajstić information content (AvgIpc) is 3.59. The van der Waals surface area contributed by atoms with Crippen molar-refractivity contribution < 1.29 is 4.42 Å². The first-order valence-electron chi connectivity index (χ1n) is 17.6. The zero-order valence-electron chi connectivity index (χ0n) is 27.7. The Bertz CT molecular complexity index is 3130. The lowest BCUT2D eigenvalue weighted by molar-refractivity contribution is 0.673. The van der Waals surface area contributed by atoms with Gasteiger partial charge in [-0.25, -0.2) is 0 Å². The van der Waals surface area contributed by atoms with Crippen molar-refractivity contribution in [3.05, 3.63) is 182 Å². The van der Waals surface area contributed by atoms with Gasteiger partial charge in [0.05, 0.1) is 0 Å². The normalized spacial score (nSPS) is 11.9. The van der Waals surface area contributed by atoms with E-state index in [9.17, 15) is 0 Å². The van der Waals surface area contributed by atoms with E-state index < -0.39 is 0 Å². The number of furan rings is 1. The van der Waals surface area contributed by atoms with Crippen LogP contribution in [0.3, 0.4) is 0 Å². The summed E-state index contributed by atoms with van der Waals surface area (Å²) < 4.78 is 6.69. The van der Waals surface area contributed by atoms with Gasteiger partial charge < -0.3 is 4.42 Å². The van der Waals surface area contributed by atoms with Crippen molar-refractivity contribution >= 4 is 75.8 Å². The molecule has 0 atom stereocenters. The topological polar surface area (TPSA) is 13.1 Å². The maximum Gasteiger partial charge on any atom is 0.143 e. The molecule has 10 aromatic carbocycles. The summed E-state index contributed by atoms with van der Waals surface area (Å²) in [5.74, 6) is 0. The lowest BCUT2D eigenvalue weighted by Crippen LogP contribution is -1.91. The van der Waals surface area contributed by atoms with E-state index in [2.05, 4.69) is 182 Å². The van der Waals surface area contributed by atoms with E-state index >= 15 is 0 Å². The minimum atomic E-state index is 0.908. The van der Waals surface area contributed by atoms with Gasteiger partial charge in [0.1, 0.15) is 11.2 Å². The van der Waals surface area contributed by atoms with Gasteiger partial charge in [0.15, 0.2) is 0 Å². The van der Waals surface area contributed by atoms with Gasteiger partial charge in [0, 0.05) is 16.2 Å². The van der Waals surface area contributed by atoms with Crippen LogP contribution in [0.15, 0.2) is 186 Å². The summed E-state index contributed by atoms with van der Waals surface area (Å²) in [6, 6.07) is 66.2. The predicted octanol–water partition coefficient (Wildman–Crippen LogP) is 14.4. The lowest BCUT2D eigenvalue weighted by Gasteiger charge is -2.18. The molecule has 0 aliphatic heterocycles. The highest BCUT2D eigenvalue weighted by Gasteiger charge is 2.20. The van der Waals surface area contributed by atoms with Crippen LogP contribution in [0.2, 0.25) is 0 Å². The smallest absolute Gasteiger partial charge is 0.143 e. The van der Waals surface area contributed by atoms with Crippen molar-refractivity contribution in [3.63, 3.8) is 0 Å². The predicted molar refractivity (Wildman–Crippen MR) is 218 cm³/mol. The third-order valence-electron chi connectivity index (χ3n) is 10.8. The molecule has 0 bridgehead atoms. The molecule has 51 heavy (non-hydrogen) atoms. The first kappa shape index (κ1) is 28.2. The maximum atomic E-state index is 6.69. The quantitative estimate of drug-likeness (QED) is 0.138. The van der Waals surface area contributed by atoms with Gasteiger partial charge in [-0.3, -0.25) is 0 Å². The Hall–Kier alpha value is -6.70. The van der Waals surface area contributed by atoms with Gasteiger partial charge in [0.2, 0.25) is 0 Å². The van der Waals surface area contributed by atoms with Crippen molar-refractivity contribution in [2.45, 2.75) is 0 Å². The molecule has 0 radical (unpaired) electrons. The van der Waals surface area contributed by atoms with E-state index in [1.165, 1.54) is 87.2 Å². The van der Waals surface area contributed by atoms with Crippen molar-refractivity contribution in [1.29, 1.82) is 0 Å². The molecule has 11 rings (SSSR count). The Morgan fingerprint density at radius 3 is 1.47 bits per heavy atom. The molecule has 0 spiro atoms. The first-order valence-corrected chi connectivity index (χ1v) is 17.6. The Morgan fingerprint density at radius 1 is 0.294 bits per heavy atom. The summed E-state index contributed by atoms with van der Waals surface area (Å²) in [5, 5.41) is 14.7. The van der Waals surface area contributed by atoms with Gasteiger partial charge in [-0.05, 0) is 100 Å². The molecule has 1 heterocycles. The van der Waals surface area contributed by atoms with E-state index in [4.69, 9.17) is 4.42 Å². The first-order chi connectivity index (χ1) is 25.3. The van der Waals surface area contributed by atoms with Crippen LogP contribution in [0, 0.1) is 0 Å². The molecule has 1 nitrogen and oxygen atoms in total. The van der Waals surface area contributed by atoms with Crippen molar-refractivity contribution in [3.8, 4) is 33.4 Å².